The average molecular weight is 654 g/mol. The Morgan fingerprint density at radius 1 is 0.848 bits per heavy atom. The second kappa shape index (κ2) is 15.8. The average Bonchev–Trinajstić information content (AvgIpc) is 3.78. The van der Waals surface area contributed by atoms with Crippen LogP contribution in [0.4, 0.5) is 4.79 Å². The number of amides is 3. The number of alkyl carbamates (subject to hydrolysis) is 1. The number of rotatable bonds is 13. The summed E-state index contributed by atoms with van der Waals surface area (Å²) in [5.41, 5.74) is 1.73. The van der Waals surface area contributed by atoms with Crippen LogP contribution in [-0.4, -0.2) is 70.1 Å². The fraction of sp³-hybridized carbons (Fsp3) is 0.556. The number of hydrogen-bond acceptors (Lipinski definition) is 7. The minimum Gasteiger partial charge on any atom is -0.458 e. The molecule has 2 N–H and O–H groups in total. The molecule has 2 aromatic carbocycles. The van der Waals surface area contributed by atoms with Crippen LogP contribution in [0.5, 0.6) is 0 Å². The van der Waals surface area contributed by atoms with Crippen LogP contribution in [0.15, 0.2) is 48.5 Å². The summed E-state index contributed by atoms with van der Waals surface area (Å²) in [4.78, 5) is 57.2. The molecule has 9 nitrogen and oxygen atoms in total. The van der Waals surface area contributed by atoms with Gasteiger partial charge in [0.15, 0.2) is 0 Å². The van der Waals surface area contributed by atoms with Crippen molar-refractivity contribution < 1.29 is 28.7 Å². The van der Waals surface area contributed by atoms with Gasteiger partial charge in [-0.2, -0.15) is 11.8 Å². The van der Waals surface area contributed by atoms with E-state index in [9.17, 15) is 19.2 Å². The van der Waals surface area contributed by atoms with Crippen molar-refractivity contribution in [2.75, 3.05) is 12.0 Å². The van der Waals surface area contributed by atoms with Crippen molar-refractivity contribution in [1.29, 1.82) is 0 Å². The largest absolute Gasteiger partial charge is 0.458 e. The number of nitrogens with one attached hydrogen (secondary N) is 2. The van der Waals surface area contributed by atoms with Crippen LogP contribution in [0, 0.1) is 13.8 Å². The molecule has 2 aromatic rings. The maximum atomic E-state index is 14.6. The summed E-state index contributed by atoms with van der Waals surface area (Å²) in [5.74, 6) is -0.783. The van der Waals surface area contributed by atoms with Gasteiger partial charge in [0, 0.05) is 12.5 Å². The molecule has 252 valence electrons. The lowest BCUT2D eigenvalue weighted by atomic mass is 9.93. The number of nitrogens with zero attached hydrogens (tertiary/aromatic N) is 1. The Morgan fingerprint density at radius 3 is 1.96 bits per heavy atom. The summed E-state index contributed by atoms with van der Waals surface area (Å²) in [6.45, 7) is 14.5. The van der Waals surface area contributed by atoms with Crippen LogP contribution in [0.1, 0.15) is 89.1 Å². The summed E-state index contributed by atoms with van der Waals surface area (Å²) < 4.78 is 11.2. The normalized spacial score (nSPS) is 15.2. The molecule has 1 aliphatic carbocycles. The van der Waals surface area contributed by atoms with E-state index in [1.807, 2.05) is 68.6 Å². The summed E-state index contributed by atoms with van der Waals surface area (Å²) in [5, 5.41) is 5.78. The number of hydrogen-bond donors (Lipinski definition) is 2. The number of carbonyl (C=O) groups is 4. The van der Waals surface area contributed by atoms with Crippen LogP contribution in [0.3, 0.4) is 0 Å². The first-order chi connectivity index (χ1) is 21.5. The number of aryl methyl sites for hydroxylation is 2. The highest BCUT2D eigenvalue weighted by Crippen LogP contribution is 2.38. The molecule has 3 rings (SSSR count). The lowest BCUT2D eigenvalue weighted by Crippen LogP contribution is -2.56. The lowest BCUT2D eigenvalue weighted by molar-refractivity contribution is -0.159. The number of ether oxygens (including phenoxy) is 2. The molecule has 0 heterocycles. The van der Waals surface area contributed by atoms with E-state index in [2.05, 4.69) is 10.6 Å². The molecule has 1 saturated carbocycles. The molecule has 0 bridgehead atoms. The van der Waals surface area contributed by atoms with E-state index < -0.39 is 47.3 Å². The highest BCUT2D eigenvalue weighted by Gasteiger charge is 2.45. The maximum absolute atomic E-state index is 14.6. The summed E-state index contributed by atoms with van der Waals surface area (Å²) in [6.07, 6.45) is 3.27. The molecule has 0 aliphatic heterocycles. The fourth-order valence-corrected chi connectivity index (χ4v) is 5.79. The van der Waals surface area contributed by atoms with Crippen molar-refractivity contribution in [2.24, 2.45) is 0 Å². The molecule has 46 heavy (non-hydrogen) atoms. The van der Waals surface area contributed by atoms with E-state index in [-0.39, 0.29) is 18.4 Å². The highest BCUT2D eigenvalue weighted by molar-refractivity contribution is 7.98. The lowest BCUT2D eigenvalue weighted by Gasteiger charge is -2.36. The summed E-state index contributed by atoms with van der Waals surface area (Å²) in [7, 11) is 0. The van der Waals surface area contributed by atoms with Crippen LogP contribution >= 0.6 is 11.8 Å². The first kappa shape index (κ1) is 36.9. The molecule has 1 fully saturated rings. The smallest absolute Gasteiger partial charge is 0.408 e. The zero-order valence-corrected chi connectivity index (χ0v) is 29.6. The van der Waals surface area contributed by atoms with Crippen LogP contribution in [0.25, 0.3) is 0 Å². The van der Waals surface area contributed by atoms with Gasteiger partial charge in [-0.1, -0.05) is 48.5 Å². The number of thioether (sulfide) groups is 1. The molecule has 0 spiro atoms. The Morgan fingerprint density at radius 2 is 1.43 bits per heavy atom. The van der Waals surface area contributed by atoms with E-state index in [1.165, 1.54) is 0 Å². The van der Waals surface area contributed by atoms with Gasteiger partial charge >= 0.3 is 12.1 Å². The third kappa shape index (κ3) is 11.1. The third-order valence-corrected chi connectivity index (χ3v) is 8.07. The second-order valence-electron chi connectivity index (χ2n) is 13.9. The first-order valence-corrected chi connectivity index (χ1v) is 17.3. The first-order valence-electron chi connectivity index (χ1n) is 15.9. The van der Waals surface area contributed by atoms with Crippen molar-refractivity contribution in [3.8, 4) is 0 Å². The Labute approximate surface area is 278 Å². The van der Waals surface area contributed by atoms with Crippen molar-refractivity contribution in [2.45, 2.75) is 116 Å². The van der Waals surface area contributed by atoms with Crippen LogP contribution < -0.4 is 10.6 Å². The number of carbonyl (C=O) groups excluding carboxylic acids is 4. The van der Waals surface area contributed by atoms with Gasteiger partial charge in [-0.05, 0) is 109 Å². The number of esters is 1. The molecule has 0 aromatic heterocycles. The highest BCUT2D eigenvalue weighted by atomic mass is 32.2. The molecular weight excluding hydrogens is 602 g/mol. The van der Waals surface area contributed by atoms with Gasteiger partial charge in [-0.15, -0.1) is 0 Å². The van der Waals surface area contributed by atoms with Gasteiger partial charge in [-0.3, -0.25) is 9.59 Å². The van der Waals surface area contributed by atoms with E-state index in [4.69, 9.17) is 9.47 Å². The summed E-state index contributed by atoms with van der Waals surface area (Å²) in [6, 6.07) is 12.0. The zero-order chi connectivity index (χ0) is 34.2. The van der Waals surface area contributed by atoms with Crippen LogP contribution in [0.2, 0.25) is 0 Å². The zero-order valence-electron chi connectivity index (χ0n) is 28.8. The van der Waals surface area contributed by atoms with Gasteiger partial charge in [0.2, 0.25) is 11.8 Å². The van der Waals surface area contributed by atoms with Gasteiger partial charge in [0.1, 0.15) is 29.3 Å². The topological polar surface area (TPSA) is 114 Å². The molecule has 3 atom stereocenters. The standard InChI is InChI=1S/C36H51N3O6S/c1-23-14-13-15-24(2)29(23)30(31(40)37-28(33(42)44-35(3,4)5)22-25-16-11-10-12-17-25)39(26-18-19-26)32(41)27(20-21-46-9)38-34(43)45-36(6,7)8/h10-17,26-28,30H,18-22H2,1-9H3,(H,37,40)(H,38,43). The minimum atomic E-state index is -1.04. The molecule has 0 radical (unpaired) electrons. The van der Waals surface area contributed by atoms with E-state index >= 15 is 0 Å². The third-order valence-electron chi connectivity index (χ3n) is 7.43. The molecule has 10 heteroatoms. The van der Waals surface area contributed by atoms with Crippen molar-refractivity contribution in [3.63, 3.8) is 0 Å². The molecule has 3 unspecified atom stereocenters. The van der Waals surface area contributed by atoms with Crippen molar-refractivity contribution in [3.05, 3.63) is 70.8 Å². The van der Waals surface area contributed by atoms with Gasteiger partial charge < -0.3 is 25.0 Å². The van der Waals surface area contributed by atoms with Crippen molar-refractivity contribution in [1.82, 2.24) is 15.5 Å². The molecule has 3 amide bonds. The number of benzene rings is 2. The van der Waals surface area contributed by atoms with Crippen LogP contribution in [-0.2, 0) is 30.3 Å². The van der Waals surface area contributed by atoms with E-state index in [1.54, 1.807) is 58.2 Å². The molecule has 1 aliphatic rings. The van der Waals surface area contributed by atoms with Crippen molar-refractivity contribution >= 4 is 35.6 Å². The Balaban J connectivity index is 2.07. The van der Waals surface area contributed by atoms with Gasteiger partial charge in [-0.25, -0.2) is 9.59 Å². The Bertz CT molecular complexity index is 1340. The summed E-state index contributed by atoms with van der Waals surface area (Å²) >= 11 is 1.56. The fourth-order valence-electron chi connectivity index (χ4n) is 5.32. The van der Waals surface area contributed by atoms with E-state index in [0.29, 0.717) is 17.7 Å². The Kier molecular flexibility index (Phi) is 12.7. The van der Waals surface area contributed by atoms with Gasteiger partial charge in [0.05, 0.1) is 0 Å². The minimum absolute atomic E-state index is 0.200. The SMILES string of the molecule is CSCCC(NC(=O)OC(C)(C)C)C(=O)N(C1CC1)C(C(=O)NC(Cc1ccccc1)C(=O)OC(C)(C)C)c1c(C)cccc1C. The van der Waals surface area contributed by atoms with Gasteiger partial charge in [0.25, 0.3) is 0 Å². The monoisotopic (exact) mass is 653 g/mol. The quantitative estimate of drug-likeness (QED) is 0.253. The second-order valence-corrected chi connectivity index (χ2v) is 14.9. The predicted molar refractivity (Wildman–Crippen MR) is 183 cm³/mol. The molecular formula is C36H51N3O6S. The van der Waals surface area contributed by atoms with E-state index in [0.717, 1.165) is 29.5 Å². The maximum Gasteiger partial charge on any atom is 0.408 e. The predicted octanol–water partition coefficient (Wildman–Crippen LogP) is 6.05. The Hall–Kier alpha value is -3.53. The molecule has 0 saturated heterocycles.